The van der Waals surface area contributed by atoms with Crippen LogP contribution in [0.25, 0.3) is 0 Å². The maximum absolute atomic E-state index is 9.82. The molecule has 1 atom stereocenters. The van der Waals surface area contributed by atoms with E-state index in [9.17, 15) is 5.11 Å². The summed E-state index contributed by atoms with van der Waals surface area (Å²) in [6, 6.07) is 0. The van der Waals surface area contributed by atoms with Crippen molar-refractivity contribution in [1.29, 1.82) is 5.41 Å². The van der Waals surface area contributed by atoms with Crippen molar-refractivity contribution >= 4 is 6.21 Å². The number of aliphatic hydroxyl groups is 1. The number of rotatable bonds is 4. The molecule has 1 aliphatic rings. The molecule has 86 valence electrons. The van der Waals surface area contributed by atoms with Crippen LogP contribution in [0.1, 0.15) is 20.3 Å². The normalized spacial score (nSPS) is 20.8. The lowest BCUT2D eigenvalue weighted by atomic mass is 9.90. The largest absolute Gasteiger partial charge is 0.512 e. The number of nitrogens with one attached hydrogen (secondary N) is 1. The van der Waals surface area contributed by atoms with Gasteiger partial charge in [-0.2, -0.15) is 0 Å². The van der Waals surface area contributed by atoms with Gasteiger partial charge in [0.05, 0.1) is 0 Å². The van der Waals surface area contributed by atoms with Gasteiger partial charge in [-0.05, 0) is 29.6 Å². The molecule has 2 N–H and O–H groups in total. The molecule has 0 aromatic rings. The second kappa shape index (κ2) is 5.50. The lowest BCUT2D eigenvalue weighted by Gasteiger charge is -2.17. The minimum Gasteiger partial charge on any atom is -0.512 e. The molecule has 2 heteroatoms. The molecule has 1 unspecified atom stereocenters. The van der Waals surface area contributed by atoms with Gasteiger partial charge in [0.25, 0.3) is 0 Å². The summed E-state index contributed by atoms with van der Waals surface area (Å²) in [6.45, 7) is 7.94. The molecule has 1 aliphatic carbocycles. The minimum atomic E-state index is 0.0270. The highest BCUT2D eigenvalue weighted by Gasteiger charge is 2.14. The Bertz CT molecular complexity index is 372. The highest BCUT2D eigenvalue weighted by atomic mass is 16.3. The van der Waals surface area contributed by atoms with Crippen LogP contribution in [-0.2, 0) is 0 Å². The van der Waals surface area contributed by atoms with E-state index in [1.807, 2.05) is 6.08 Å². The Morgan fingerprint density at radius 3 is 2.75 bits per heavy atom. The van der Waals surface area contributed by atoms with Gasteiger partial charge in [0, 0.05) is 12.1 Å². The van der Waals surface area contributed by atoms with Gasteiger partial charge in [-0.3, -0.25) is 0 Å². The van der Waals surface area contributed by atoms with E-state index in [0.29, 0.717) is 11.5 Å². The van der Waals surface area contributed by atoms with E-state index >= 15 is 0 Å². The molecule has 0 radical (unpaired) electrons. The summed E-state index contributed by atoms with van der Waals surface area (Å²) in [7, 11) is 0. The molecule has 0 saturated heterocycles. The molecule has 2 nitrogen and oxygen atoms in total. The van der Waals surface area contributed by atoms with Crippen LogP contribution in [0.2, 0.25) is 0 Å². The highest BCUT2D eigenvalue weighted by molar-refractivity contribution is 5.78. The minimum absolute atomic E-state index is 0.0270. The standard InChI is InChI=1S/C14H19NO/c1-10(2)12-4-6-13(7-5-12)14(16)8-11(3)9-15/h4-6,8-10,13,15-16H,3,7H2,1-2H3/b14-8-,15-9?. The van der Waals surface area contributed by atoms with E-state index < -0.39 is 0 Å². The smallest absolute Gasteiger partial charge is 0.100 e. The fourth-order valence-electron chi connectivity index (χ4n) is 1.62. The Labute approximate surface area is 97.2 Å². The van der Waals surface area contributed by atoms with Crippen LogP contribution in [0.3, 0.4) is 0 Å². The zero-order valence-electron chi connectivity index (χ0n) is 9.90. The Kier molecular flexibility index (Phi) is 4.29. The topological polar surface area (TPSA) is 44.1 Å². The van der Waals surface area contributed by atoms with E-state index in [0.717, 1.165) is 12.6 Å². The van der Waals surface area contributed by atoms with E-state index in [-0.39, 0.29) is 11.7 Å². The average molecular weight is 217 g/mol. The fourth-order valence-corrected chi connectivity index (χ4v) is 1.62. The summed E-state index contributed by atoms with van der Waals surface area (Å²) in [5.41, 5.74) is 1.83. The molecular formula is C14H19NO. The van der Waals surface area contributed by atoms with Gasteiger partial charge in [-0.1, -0.05) is 38.7 Å². The van der Waals surface area contributed by atoms with Gasteiger partial charge >= 0.3 is 0 Å². The predicted octanol–water partition coefficient (Wildman–Crippen LogP) is 3.79. The molecule has 0 aromatic carbocycles. The maximum atomic E-state index is 9.82. The van der Waals surface area contributed by atoms with Crippen LogP contribution < -0.4 is 0 Å². The molecule has 0 heterocycles. The van der Waals surface area contributed by atoms with Crippen molar-refractivity contribution in [3.8, 4) is 0 Å². The first-order valence-electron chi connectivity index (χ1n) is 5.52. The molecule has 1 rings (SSSR count). The third-order valence-electron chi connectivity index (χ3n) is 2.69. The van der Waals surface area contributed by atoms with Crippen LogP contribution in [0.4, 0.5) is 0 Å². The van der Waals surface area contributed by atoms with Crippen LogP contribution in [-0.4, -0.2) is 11.3 Å². The Balaban J connectivity index is 2.69. The third kappa shape index (κ3) is 3.23. The van der Waals surface area contributed by atoms with Crippen LogP contribution in [0, 0.1) is 17.2 Å². The van der Waals surface area contributed by atoms with Crippen molar-refractivity contribution < 1.29 is 5.11 Å². The summed E-state index contributed by atoms with van der Waals surface area (Å²) in [4.78, 5) is 0. The number of hydrogen-bond donors (Lipinski definition) is 2. The number of allylic oxidation sites excluding steroid dienone is 6. The number of aliphatic hydroxyl groups excluding tert-OH is 1. The summed E-state index contributed by atoms with van der Waals surface area (Å²) in [5, 5.41) is 16.8. The van der Waals surface area contributed by atoms with Gasteiger partial charge in [-0.15, -0.1) is 0 Å². The third-order valence-corrected chi connectivity index (χ3v) is 2.69. The van der Waals surface area contributed by atoms with Crippen molar-refractivity contribution in [2.24, 2.45) is 11.8 Å². The lowest BCUT2D eigenvalue weighted by Crippen LogP contribution is -2.06. The number of hydrogen-bond acceptors (Lipinski definition) is 2. The monoisotopic (exact) mass is 217 g/mol. The van der Waals surface area contributed by atoms with Crippen molar-refractivity contribution in [2.75, 3.05) is 0 Å². The first-order chi connectivity index (χ1) is 7.54. The van der Waals surface area contributed by atoms with Crippen LogP contribution in [0.5, 0.6) is 0 Å². The average Bonchev–Trinajstić information content (AvgIpc) is 2.28. The van der Waals surface area contributed by atoms with E-state index in [1.54, 1.807) is 6.08 Å². The van der Waals surface area contributed by atoms with Gasteiger partial charge in [0.15, 0.2) is 0 Å². The molecule has 0 bridgehead atoms. The molecule has 0 saturated carbocycles. The highest BCUT2D eigenvalue weighted by Crippen LogP contribution is 2.25. The van der Waals surface area contributed by atoms with Crippen LogP contribution in [0.15, 0.2) is 47.8 Å². The first-order valence-corrected chi connectivity index (χ1v) is 5.52. The summed E-state index contributed by atoms with van der Waals surface area (Å²) in [6.07, 6.45) is 9.74. The van der Waals surface area contributed by atoms with E-state index in [1.165, 1.54) is 5.57 Å². The molecule has 0 fully saturated rings. The zero-order chi connectivity index (χ0) is 12.1. The van der Waals surface area contributed by atoms with Crippen LogP contribution >= 0.6 is 0 Å². The molecular weight excluding hydrogens is 198 g/mol. The van der Waals surface area contributed by atoms with Gasteiger partial charge in [0.2, 0.25) is 0 Å². The predicted molar refractivity (Wildman–Crippen MR) is 68.8 cm³/mol. The maximum Gasteiger partial charge on any atom is 0.100 e. The molecule has 0 aromatic heterocycles. The van der Waals surface area contributed by atoms with Crippen molar-refractivity contribution in [3.63, 3.8) is 0 Å². The zero-order valence-corrected chi connectivity index (χ0v) is 9.90. The SMILES string of the molecule is C=C(C=N)/C=C(\O)C1C=CC(C(C)C)=CC1. The molecule has 0 amide bonds. The van der Waals surface area contributed by atoms with Crippen molar-refractivity contribution in [1.82, 2.24) is 0 Å². The molecule has 16 heavy (non-hydrogen) atoms. The Hall–Kier alpha value is -1.57. The second-order valence-electron chi connectivity index (χ2n) is 4.35. The van der Waals surface area contributed by atoms with E-state index in [4.69, 9.17) is 5.41 Å². The quantitative estimate of drug-likeness (QED) is 0.420. The van der Waals surface area contributed by atoms with Crippen molar-refractivity contribution in [3.05, 3.63) is 47.8 Å². The van der Waals surface area contributed by atoms with Gasteiger partial charge < -0.3 is 10.5 Å². The lowest BCUT2D eigenvalue weighted by molar-refractivity contribution is 0.355. The Morgan fingerprint density at radius 1 is 1.62 bits per heavy atom. The molecule has 0 spiro atoms. The summed E-state index contributed by atoms with van der Waals surface area (Å²) < 4.78 is 0. The van der Waals surface area contributed by atoms with E-state index in [2.05, 4.69) is 32.6 Å². The van der Waals surface area contributed by atoms with Crippen molar-refractivity contribution in [2.45, 2.75) is 20.3 Å². The van der Waals surface area contributed by atoms with Gasteiger partial charge in [-0.25, -0.2) is 0 Å². The fraction of sp³-hybridized carbons (Fsp3) is 0.357. The summed E-state index contributed by atoms with van der Waals surface area (Å²) in [5.74, 6) is 0.836. The van der Waals surface area contributed by atoms with Gasteiger partial charge in [0.1, 0.15) is 5.76 Å². The first kappa shape index (κ1) is 12.5. The summed E-state index contributed by atoms with van der Waals surface area (Å²) >= 11 is 0. The second-order valence-corrected chi connectivity index (χ2v) is 4.35. The Morgan fingerprint density at radius 2 is 2.31 bits per heavy atom. The molecule has 0 aliphatic heterocycles.